The number of carbonyl (C=O) groups is 2. The van der Waals surface area contributed by atoms with Crippen LogP contribution in [-0.4, -0.2) is 44.0 Å². The number of hydrogen-bond acceptors (Lipinski definition) is 4. The number of anilines is 1. The summed E-state index contributed by atoms with van der Waals surface area (Å²) < 4.78 is 11.3. The Kier molecular flexibility index (Phi) is 6.41. The third kappa shape index (κ3) is 5.16. The maximum atomic E-state index is 12.4. The Bertz CT molecular complexity index is 865. The van der Waals surface area contributed by atoms with Gasteiger partial charge in [0, 0.05) is 26.2 Å². The van der Waals surface area contributed by atoms with Gasteiger partial charge in [0.1, 0.15) is 0 Å². The number of benzene rings is 2. The van der Waals surface area contributed by atoms with Crippen molar-refractivity contribution in [3.05, 3.63) is 52.5 Å². The zero-order chi connectivity index (χ0) is 20.1. The van der Waals surface area contributed by atoms with Gasteiger partial charge in [0.05, 0.1) is 31.1 Å². The summed E-state index contributed by atoms with van der Waals surface area (Å²) in [5.74, 6) is 0.972. The van der Waals surface area contributed by atoms with E-state index in [1.54, 1.807) is 43.3 Å². The molecule has 0 saturated heterocycles. The number of amides is 2. The number of halogens is 1. The minimum atomic E-state index is -0.164. The van der Waals surface area contributed by atoms with Crippen molar-refractivity contribution in [2.24, 2.45) is 0 Å². The fraction of sp³-hybridized carbons (Fsp3) is 0.333. The standard InChI is InChI=1S/C21H23ClN2O4/c1-24(2)20(26)13-14-4-6-16(7-5-14)23-19(25)12-15-10-17(22)21-18(11-15)27-8-3-9-28-21/h4-7,10-11H,3,8-9,12-13H2,1-2H3,(H,23,25). The van der Waals surface area contributed by atoms with E-state index in [4.69, 9.17) is 21.1 Å². The van der Waals surface area contributed by atoms with E-state index in [1.807, 2.05) is 12.1 Å². The molecule has 0 fully saturated rings. The summed E-state index contributed by atoms with van der Waals surface area (Å²) in [6.07, 6.45) is 1.28. The van der Waals surface area contributed by atoms with Crippen LogP contribution in [0.5, 0.6) is 11.5 Å². The highest BCUT2D eigenvalue weighted by Gasteiger charge is 2.17. The number of rotatable bonds is 5. The molecule has 148 valence electrons. The molecule has 1 aliphatic heterocycles. The van der Waals surface area contributed by atoms with E-state index in [9.17, 15) is 9.59 Å². The Morgan fingerprint density at radius 1 is 1.04 bits per heavy atom. The van der Waals surface area contributed by atoms with E-state index in [0.717, 1.165) is 17.5 Å². The highest BCUT2D eigenvalue weighted by Crippen LogP contribution is 2.38. The van der Waals surface area contributed by atoms with Crippen LogP contribution in [0.15, 0.2) is 36.4 Å². The van der Waals surface area contributed by atoms with Gasteiger partial charge in [-0.1, -0.05) is 23.7 Å². The second-order valence-electron chi connectivity index (χ2n) is 6.84. The Morgan fingerprint density at radius 2 is 1.75 bits per heavy atom. The molecule has 3 rings (SSSR count). The lowest BCUT2D eigenvalue weighted by molar-refractivity contribution is -0.128. The molecule has 1 aliphatic rings. The molecule has 0 aliphatic carbocycles. The lowest BCUT2D eigenvalue weighted by Crippen LogP contribution is -2.23. The molecule has 0 atom stereocenters. The van der Waals surface area contributed by atoms with Crippen LogP contribution in [0.1, 0.15) is 17.5 Å². The largest absolute Gasteiger partial charge is 0.489 e. The number of nitrogens with one attached hydrogen (secondary N) is 1. The van der Waals surface area contributed by atoms with Crippen molar-refractivity contribution in [3.63, 3.8) is 0 Å². The first kappa shape index (κ1) is 20.0. The second-order valence-corrected chi connectivity index (χ2v) is 7.25. The topological polar surface area (TPSA) is 67.9 Å². The van der Waals surface area contributed by atoms with Gasteiger partial charge in [-0.2, -0.15) is 0 Å². The van der Waals surface area contributed by atoms with Crippen LogP contribution in [-0.2, 0) is 22.4 Å². The first-order valence-electron chi connectivity index (χ1n) is 9.09. The van der Waals surface area contributed by atoms with Crippen LogP contribution in [0.3, 0.4) is 0 Å². The van der Waals surface area contributed by atoms with Crippen LogP contribution in [0.25, 0.3) is 0 Å². The van der Waals surface area contributed by atoms with Gasteiger partial charge in [-0.05, 0) is 35.4 Å². The van der Waals surface area contributed by atoms with E-state index in [-0.39, 0.29) is 18.2 Å². The van der Waals surface area contributed by atoms with Crippen molar-refractivity contribution >= 4 is 29.1 Å². The highest BCUT2D eigenvalue weighted by atomic mass is 35.5. The third-order valence-electron chi connectivity index (χ3n) is 4.32. The average Bonchev–Trinajstić information content (AvgIpc) is 2.89. The second kappa shape index (κ2) is 8.97. The molecule has 7 heteroatoms. The smallest absolute Gasteiger partial charge is 0.228 e. The van der Waals surface area contributed by atoms with Crippen molar-refractivity contribution in [2.75, 3.05) is 32.6 Å². The van der Waals surface area contributed by atoms with E-state index >= 15 is 0 Å². The van der Waals surface area contributed by atoms with Gasteiger partial charge in [-0.3, -0.25) is 9.59 Å². The molecule has 28 heavy (non-hydrogen) atoms. The van der Waals surface area contributed by atoms with Gasteiger partial charge in [-0.25, -0.2) is 0 Å². The summed E-state index contributed by atoms with van der Waals surface area (Å²) in [4.78, 5) is 25.7. The van der Waals surface area contributed by atoms with Gasteiger partial charge < -0.3 is 19.7 Å². The van der Waals surface area contributed by atoms with Crippen molar-refractivity contribution in [1.82, 2.24) is 4.90 Å². The maximum Gasteiger partial charge on any atom is 0.228 e. The summed E-state index contributed by atoms with van der Waals surface area (Å²) in [6, 6.07) is 10.8. The van der Waals surface area contributed by atoms with Gasteiger partial charge >= 0.3 is 0 Å². The summed E-state index contributed by atoms with van der Waals surface area (Å²) in [6.45, 7) is 1.12. The van der Waals surface area contributed by atoms with E-state index in [1.165, 1.54) is 0 Å². The molecule has 1 N–H and O–H groups in total. The first-order valence-corrected chi connectivity index (χ1v) is 9.47. The van der Waals surface area contributed by atoms with Crippen molar-refractivity contribution in [2.45, 2.75) is 19.3 Å². The molecule has 0 bridgehead atoms. The number of hydrogen-bond donors (Lipinski definition) is 1. The molecule has 0 unspecified atom stereocenters. The monoisotopic (exact) mass is 402 g/mol. The molecule has 2 amide bonds. The Labute approximate surface area is 169 Å². The molecule has 1 heterocycles. The predicted molar refractivity (Wildman–Crippen MR) is 108 cm³/mol. The number of likely N-dealkylation sites (N-methyl/N-ethyl adjacent to an activating group) is 1. The van der Waals surface area contributed by atoms with Crippen molar-refractivity contribution in [1.29, 1.82) is 0 Å². The summed E-state index contributed by atoms with van der Waals surface area (Å²) in [7, 11) is 3.45. The lowest BCUT2D eigenvalue weighted by atomic mass is 10.1. The highest BCUT2D eigenvalue weighted by molar-refractivity contribution is 6.32. The minimum Gasteiger partial charge on any atom is -0.489 e. The fourth-order valence-electron chi connectivity index (χ4n) is 2.82. The number of ether oxygens (including phenoxy) is 2. The average molecular weight is 403 g/mol. The molecule has 2 aromatic carbocycles. The molecule has 0 saturated carbocycles. The summed E-state index contributed by atoms with van der Waals surface area (Å²) in [5, 5.41) is 3.30. The molecule has 0 radical (unpaired) electrons. The van der Waals surface area contributed by atoms with E-state index in [2.05, 4.69) is 5.32 Å². The Hall–Kier alpha value is -2.73. The van der Waals surface area contributed by atoms with Crippen LogP contribution in [0, 0.1) is 0 Å². The van der Waals surface area contributed by atoms with Crippen molar-refractivity contribution < 1.29 is 19.1 Å². The van der Waals surface area contributed by atoms with E-state index in [0.29, 0.717) is 41.8 Å². The van der Waals surface area contributed by atoms with Crippen LogP contribution in [0.2, 0.25) is 5.02 Å². The fourth-order valence-corrected chi connectivity index (χ4v) is 3.10. The normalized spacial score (nSPS) is 12.8. The molecule has 0 aromatic heterocycles. The summed E-state index contributed by atoms with van der Waals surface area (Å²) in [5.41, 5.74) is 2.32. The van der Waals surface area contributed by atoms with Gasteiger partial charge in [0.25, 0.3) is 0 Å². The molecule has 6 nitrogen and oxygen atoms in total. The van der Waals surface area contributed by atoms with Crippen LogP contribution < -0.4 is 14.8 Å². The lowest BCUT2D eigenvalue weighted by Gasteiger charge is -2.12. The minimum absolute atomic E-state index is 0.0306. The zero-order valence-corrected chi connectivity index (χ0v) is 16.7. The number of carbonyl (C=O) groups excluding carboxylic acids is 2. The number of fused-ring (bicyclic) bond motifs is 1. The molecule has 0 spiro atoms. The van der Waals surface area contributed by atoms with Crippen molar-refractivity contribution in [3.8, 4) is 11.5 Å². The van der Waals surface area contributed by atoms with Gasteiger partial charge in [-0.15, -0.1) is 0 Å². The maximum absolute atomic E-state index is 12.4. The SMILES string of the molecule is CN(C)C(=O)Cc1ccc(NC(=O)Cc2cc(Cl)c3c(c2)OCCCO3)cc1. The van der Waals surface area contributed by atoms with Crippen LogP contribution in [0.4, 0.5) is 5.69 Å². The Balaban J connectivity index is 1.62. The molecule has 2 aromatic rings. The zero-order valence-electron chi connectivity index (χ0n) is 16.0. The summed E-state index contributed by atoms with van der Waals surface area (Å²) >= 11 is 6.28. The Morgan fingerprint density at radius 3 is 2.46 bits per heavy atom. The predicted octanol–water partition coefficient (Wildman–Crippen LogP) is 3.31. The molecular formula is C21H23ClN2O4. The van der Waals surface area contributed by atoms with Crippen LogP contribution >= 0.6 is 11.6 Å². The van der Waals surface area contributed by atoms with Gasteiger partial charge in [0.15, 0.2) is 11.5 Å². The third-order valence-corrected chi connectivity index (χ3v) is 4.60. The van der Waals surface area contributed by atoms with Gasteiger partial charge in [0.2, 0.25) is 11.8 Å². The first-order chi connectivity index (χ1) is 13.4. The quantitative estimate of drug-likeness (QED) is 0.833. The molecular weight excluding hydrogens is 380 g/mol. The number of nitrogens with zero attached hydrogens (tertiary/aromatic N) is 1. The van der Waals surface area contributed by atoms with E-state index < -0.39 is 0 Å².